The van der Waals surface area contributed by atoms with Crippen molar-refractivity contribution < 1.29 is 4.79 Å². The molecular weight excluding hydrogens is 164 g/mol. The third-order valence-corrected chi connectivity index (χ3v) is 3.83. The molecule has 2 unspecified atom stereocenters. The van der Waals surface area contributed by atoms with Gasteiger partial charge in [-0.2, -0.15) is 0 Å². The minimum atomic E-state index is 0.203. The maximum Gasteiger partial charge on any atom is 0.219 e. The molecule has 3 rings (SSSR count). The molecule has 0 spiro atoms. The van der Waals surface area contributed by atoms with Gasteiger partial charge in [0.1, 0.15) is 0 Å². The number of carbonyl (C=O) groups is 1. The predicted octanol–water partition coefficient (Wildman–Crippen LogP) is 0.700. The second-order valence-electron chi connectivity index (χ2n) is 4.46. The first-order valence-electron chi connectivity index (χ1n) is 5.05. The van der Waals surface area contributed by atoms with Crippen LogP contribution >= 0.6 is 0 Å². The van der Waals surface area contributed by atoms with Crippen molar-refractivity contribution in [2.45, 2.75) is 44.3 Å². The summed E-state index contributed by atoms with van der Waals surface area (Å²) in [4.78, 5) is 15.5. The van der Waals surface area contributed by atoms with Gasteiger partial charge in [-0.1, -0.05) is 0 Å². The molecule has 3 fully saturated rings. The second kappa shape index (κ2) is 2.98. The highest BCUT2D eigenvalue weighted by Gasteiger charge is 2.44. The highest BCUT2D eigenvalue weighted by molar-refractivity contribution is 5.73. The average molecular weight is 182 g/mol. The molecule has 0 aromatic rings. The lowest BCUT2D eigenvalue weighted by Crippen LogP contribution is -2.62. The van der Waals surface area contributed by atoms with Gasteiger partial charge in [0.25, 0.3) is 0 Å². The topological polar surface area (TPSA) is 23.6 Å². The van der Waals surface area contributed by atoms with E-state index in [0.717, 1.165) is 12.1 Å². The largest absolute Gasteiger partial charge is 0.343 e. The molecule has 3 heteroatoms. The molecule has 1 saturated carbocycles. The van der Waals surface area contributed by atoms with Crippen LogP contribution in [-0.4, -0.2) is 47.9 Å². The Morgan fingerprint density at radius 2 is 1.85 bits per heavy atom. The SMILES string of the molecule is CC(=O)N(C)C1CC2CC(C1)N2C. The van der Waals surface area contributed by atoms with Gasteiger partial charge >= 0.3 is 0 Å². The third kappa shape index (κ3) is 1.35. The molecule has 1 amide bonds. The van der Waals surface area contributed by atoms with Crippen molar-refractivity contribution in [1.29, 1.82) is 0 Å². The molecule has 0 radical (unpaired) electrons. The number of rotatable bonds is 1. The summed E-state index contributed by atoms with van der Waals surface area (Å²) in [6, 6.07) is 1.98. The smallest absolute Gasteiger partial charge is 0.219 e. The molecule has 2 bridgehead atoms. The Hall–Kier alpha value is -0.570. The lowest BCUT2D eigenvalue weighted by atomic mass is 9.77. The van der Waals surface area contributed by atoms with E-state index in [1.165, 1.54) is 19.3 Å². The minimum Gasteiger partial charge on any atom is -0.343 e. The van der Waals surface area contributed by atoms with Gasteiger partial charge in [-0.05, 0) is 26.3 Å². The fraction of sp³-hybridized carbons (Fsp3) is 0.900. The Labute approximate surface area is 79.7 Å². The van der Waals surface area contributed by atoms with Crippen molar-refractivity contribution in [3.8, 4) is 0 Å². The fourth-order valence-electron chi connectivity index (χ4n) is 2.63. The molecule has 2 saturated heterocycles. The molecular formula is C10H18N2O. The lowest BCUT2D eigenvalue weighted by molar-refractivity contribution is -0.133. The van der Waals surface area contributed by atoms with Crippen LogP contribution in [0.2, 0.25) is 0 Å². The molecule has 3 nitrogen and oxygen atoms in total. The number of fused-ring (bicyclic) bond motifs is 2. The van der Waals surface area contributed by atoms with E-state index in [1.54, 1.807) is 6.92 Å². The van der Waals surface area contributed by atoms with Crippen LogP contribution in [0.1, 0.15) is 26.2 Å². The van der Waals surface area contributed by atoms with Crippen molar-refractivity contribution in [3.05, 3.63) is 0 Å². The molecule has 2 heterocycles. The summed E-state index contributed by atoms with van der Waals surface area (Å²) >= 11 is 0. The highest BCUT2D eigenvalue weighted by atomic mass is 16.2. The monoisotopic (exact) mass is 182 g/mol. The fourth-order valence-corrected chi connectivity index (χ4v) is 2.63. The van der Waals surface area contributed by atoms with Gasteiger partial charge in [0.2, 0.25) is 5.91 Å². The number of piperidine rings is 1. The van der Waals surface area contributed by atoms with Crippen LogP contribution in [0.3, 0.4) is 0 Å². The quantitative estimate of drug-likeness (QED) is 0.596. The Morgan fingerprint density at radius 3 is 2.23 bits per heavy atom. The Morgan fingerprint density at radius 1 is 1.31 bits per heavy atom. The van der Waals surface area contributed by atoms with Crippen LogP contribution in [0.15, 0.2) is 0 Å². The first-order valence-corrected chi connectivity index (χ1v) is 5.05. The van der Waals surface area contributed by atoms with E-state index < -0.39 is 0 Å². The standard InChI is InChI=1S/C10H18N2O/c1-7(13)11(2)8-4-9-6-10(5-8)12(9)3/h8-10H,4-6H2,1-3H3. The molecule has 2 aliphatic heterocycles. The van der Waals surface area contributed by atoms with E-state index in [2.05, 4.69) is 11.9 Å². The number of amides is 1. The van der Waals surface area contributed by atoms with Crippen molar-refractivity contribution in [1.82, 2.24) is 9.80 Å². The normalized spacial score (nSPS) is 38.2. The third-order valence-electron chi connectivity index (χ3n) is 3.83. The van der Waals surface area contributed by atoms with Gasteiger partial charge in [0, 0.05) is 32.1 Å². The van der Waals surface area contributed by atoms with Gasteiger partial charge in [-0.15, -0.1) is 0 Å². The van der Waals surface area contributed by atoms with Crippen molar-refractivity contribution in [2.24, 2.45) is 0 Å². The van der Waals surface area contributed by atoms with Crippen molar-refractivity contribution in [3.63, 3.8) is 0 Å². The van der Waals surface area contributed by atoms with Crippen molar-refractivity contribution in [2.75, 3.05) is 14.1 Å². The summed E-state index contributed by atoms with van der Waals surface area (Å²) < 4.78 is 0. The molecule has 3 aliphatic rings. The first-order chi connectivity index (χ1) is 6.09. The van der Waals surface area contributed by atoms with Crippen LogP contribution in [0, 0.1) is 0 Å². The van der Waals surface area contributed by atoms with Gasteiger partial charge in [-0.3, -0.25) is 4.79 Å². The molecule has 13 heavy (non-hydrogen) atoms. The second-order valence-corrected chi connectivity index (χ2v) is 4.46. The summed E-state index contributed by atoms with van der Waals surface area (Å²) in [7, 11) is 4.13. The first kappa shape index (κ1) is 9.00. The zero-order valence-electron chi connectivity index (χ0n) is 8.66. The Balaban J connectivity index is 1.95. The van der Waals surface area contributed by atoms with Crippen LogP contribution < -0.4 is 0 Å². The minimum absolute atomic E-state index is 0.203. The van der Waals surface area contributed by atoms with E-state index in [0.29, 0.717) is 6.04 Å². The summed E-state index contributed by atoms with van der Waals surface area (Å²) in [5, 5.41) is 0. The average Bonchev–Trinajstić information content (AvgIpc) is 2.15. The van der Waals surface area contributed by atoms with Crippen molar-refractivity contribution >= 4 is 5.91 Å². The van der Waals surface area contributed by atoms with E-state index in [1.807, 2.05) is 11.9 Å². The molecule has 2 atom stereocenters. The molecule has 1 aliphatic carbocycles. The van der Waals surface area contributed by atoms with Crippen LogP contribution in [0.25, 0.3) is 0 Å². The zero-order valence-corrected chi connectivity index (χ0v) is 8.66. The van der Waals surface area contributed by atoms with Crippen LogP contribution in [0.4, 0.5) is 0 Å². The van der Waals surface area contributed by atoms with E-state index >= 15 is 0 Å². The van der Waals surface area contributed by atoms with Gasteiger partial charge in [0.15, 0.2) is 0 Å². The van der Waals surface area contributed by atoms with E-state index in [-0.39, 0.29) is 5.91 Å². The number of hydrogen-bond donors (Lipinski definition) is 0. The number of nitrogens with zero attached hydrogens (tertiary/aromatic N) is 2. The Kier molecular flexibility index (Phi) is 2.06. The van der Waals surface area contributed by atoms with Gasteiger partial charge < -0.3 is 9.80 Å². The van der Waals surface area contributed by atoms with Gasteiger partial charge in [-0.25, -0.2) is 0 Å². The summed E-state index contributed by atoms with van der Waals surface area (Å²) in [5.41, 5.74) is 0. The number of carbonyl (C=O) groups excluding carboxylic acids is 1. The van der Waals surface area contributed by atoms with Gasteiger partial charge in [0.05, 0.1) is 0 Å². The van der Waals surface area contributed by atoms with Crippen LogP contribution in [-0.2, 0) is 4.79 Å². The molecule has 0 aromatic carbocycles. The molecule has 0 aromatic heterocycles. The Bertz CT molecular complexity index is 217. The molecule has 74 valence electrons. The predicted molar refractivity (Wildman–Crippen MR) is 51.4 cm³/mol. The molecule has 0 N–H and O–H groups in total. The van der Waals surface area contributed by atoms with E-state index in [9.17, 15) is 4.79 Å². The van der Waals surface area contributed by atoms with Crippen LogP contribution in [0.5, 0.6) is 0 Å². The lowest BCUT2D eigenvalue weighted by Gasteiger charge is -2.55. The highest BCUT2D eigenvalue weighted by Crippen LogP contribution is 2.38. The zero-order chi connectivity index (χ0) is 9.59. The summed E-state index contributed by atoms with van der Waals surface area (Å²) in [5.74, 6) is 0.203. The van der Waals surface area contributed by atoms with E-state index in [4.69, 9.17) is 0 Å². The number of hydrogen-bond acceptors (Lipinski definition) is 2. The summed E-state index contributed by atoms with van der Waals surface area (Å²) in [6.07, 6.45) is 3.69. The maximum atomic E-state index is 11.2. The summed E-state index contributed by atoms with van der Waals surface area (Å²) in [6.45, 7) is 1.66. The maximum absolute atomic E-state index is 11.2.